The molecule has 0 aliphatic carbocycles. The van der Waals surface area contributed by atoms with Crippen molar-refractivity contribution in [2.24, 2.45) is 0 Å². The Hall–Kier alpha value is -2.57. The highest BCUT2D eigenvalue weighted by atomic mass is 35.5. The molecule has 182 valence electrons. The van der Waals surface area contributed by atoms with Crippen LogP contribution >= 0.6 is 11.6 Å². The van der Waals surface area contributed by atoms with Crippen LogP contribution < -0.4 is 4.74 Å². The summed E-state index contributed by atoms with van der Waals surface area (Å²) in [4.78, 5) is 30.3. The van der Waals surface area contributed by atoms with Crippen LogP contribution in [0.1, 0.15) is 47.2 Å². The minimum atomic E-state index is -0.917. The number of hydrogen-bond acceptors (Lipinski definition) is 4. The van der Waals surface area contributed by atoms with Crippen molar-refractivity contribution < 1.29 is 19.1 Å². The van der Waals surface area contributed by atoms with E-state index in [1.807, 2.05) is 55.1 Å². The lowest BCUT2D eigenvalue weighted by atomic mass is 9.95. The molecule has 0 saturated carbocycles. The monoisotopic (exact) mass is 484 g/mol. The molecule has 6 nitrogen and oxygen atoms in total. The van der Waals surface area contributed by atoms with Gasteiger partial charge in [0.1, 0.15) is 18.0 Å². The molecule has 1 atom stereocenters. The van der Waals surface area contributed by atoms with Crippen molar-refractivity contribution in [1.82, 2.24) is 9.80 Å². The van der Waals surface area contributed by atoms with Gasteiger partial charge in [-0.05, 0) is 69.0 Å². The number of amides is 2. The van der Waals surface area contributed by atoms with Gasteiger partial charge in [-0.2, -0.15) is 0 Å². The SMILES string of the molecule is Cc1cccc(C(=O)N2CCO[C@@](COc3ccc(Cl)c(C)c3)(CC(=O)N3CCCCC3)C2)c1. The molecular formula is C27H33ClN2O4. The predicted molar refractivity (Wildman–Crippen MR) is 132 cm³/mol. The van der Waals surface area contributed by atoms with Crippen molar-refractivity contribution in [2.75, 3.05) is 39.4 Å². The number of carbonyl (C=O) groups is 2. The summed E-state index contributed by atoms with van der Waals surface area (Å²) in [6.45, 7) is 6.75. The molecule has 0 spiro atoms. The summed E-state index contributed by atoms with van der Waals surface area (Å²) < 4.78 is 12.4. The molecule has 7 heteroatoms. The summed E-state index contributed by atoms with van der Waals surface area (Å²) in [5.41, 5.74) is 1.68. The second-order valence-electron chi connectivity index (χ2n) is 9.45. The van der Waals surface area contributed by atoms with Gasteiger partial charge in [-0.1, -0.05) is 29.3 Å². The van der Waals surface area contributed by atoms with Crippen molar-refractivity contribution in [3.63, 3.8) is 0 Å². The van der Waals surface area contributed by atoms with E-state index >= 15 is 0 Å². The maximum absolute atomic E-state index is 13.3. The van der Waals surface area contributed by atoms with E-state index in [2.05, 4.69) is 0 Å². The van der Waals surface area contributed by atoms with Crippen LogP contribution in [0.25, 0.3) is 0 Å². The third kappa shape index (κ3) is 5.91. The Morgan fingerprint density at radius 1 is 1.03 bits per heavy atom. The fraction of sp³-hybridized carbons (Fsp3) is 0.481. The molecule has 0 bridgehead atoms. The Morgan fingerprint density at radius 3 is 2.56 bits per heavy atom. The Morgan fingerprint density at radius 2 is 1.82 bits per heavy atom. The third-order valence-electron chi connectivity index (χ3n) is 6.61. The van der Waals surface area contributed by atoms with E-state index in [0.29, 0.717) is 36.0 Å². The molecule has 2 aromatic carbocycles. The lowest BCUT2D eigenvalue weighted by Crippen LogP contribution is -2.58. The van der Waals surface area contributed by atoms with Crippen LogP contribution in [0.5, 0.6) is 5.75 Å². The fourth-order valence-electron chi connectivity index (χ4n) is 4.68. The molecule has 2 saturated heterocycles. The summed E-state index contributed by atoms with van der Waals surface area (Å²) in [6.07, 6.45) is 3.39. The lowest BCUT2D eigenvalue weighted by molar-refractivity contribution is -0.153. The smallest absolute Gasteiger partial charge is 0.254 e. The Bertz CT molecular complexity index is 1040. The number of nitrogens with zero attached hydrogens (tertiary/aromatic N) is 2. The first-order chi connectivity index (χ1) is 16.3. The summed E-state index contributed by atoms with van der Waals surface area (Å²) in [6, 6.07) is 13.1. The quantitative estimate of drug-likeness (QED) is 0.598. The minimum Gasteiger partial charge on any atom is -0.490 e. The zero-order chi connectivity index (χ0) is 24.1. The summed E-state index contributed by atoms with van der Waals surface area (Å²) in [5, 5.41) is 0.672. The van der Waals surface area contributed by atoms with Crippen molar-refractivity contribution in [3.05, 3.63) is 64.2 Å². The number of likely N-dealkylation sites (tertiary alicyclic amines) is 1. The van der Waals surface area contributed by atoms with Crippen LogP contribution in [-0.4, -0.2) is 66.6 Å². The van der Waals surface area contributed by atoms with Gasteiger partial charge in [-0.25, -0.2) is 0 Å². The van der Waals surface area contributed by atoms with Gasteiger partial charge in [0.15, 0.2) is 0 Å². The second-order valence-corrected chi connectivity index (χ2v) is 9.85. The van der Waals surface area contributed by atoms with Gasteiger partial charge in [-0.3, -0.25) is 9.59 Å². The first kappa shape index (κ1) is 24.6. The maximum Gasteiger partial charge on any atom is 0.254 e. The molecule has 2 fully saturated rings. The number of piperidine rings is 1. The molecule has 2 amide bonds. The third-order valence-corrected chi connectivity index (χ3v) is 7.04. The van der Waals surface area contributed by atoms with E-state index in [0.717, 1.165) is 43.5 Å². The number of rotatable bonds is 6. The standard InChI is InChI=1S/C27H33ClN2O4/c1-20-7-6-8-22(15-20)26(32)30-13-14-34-27(18-30,17-25(31)29-11-4-3-5-12-29)19-33-23-9-10-24(28)21(2)16-23/h6-10,15-16H,3-5,11-14,17-19H2,1-2H3/t27-/m0/s1. The Balaban J connectivity index is 1.54. The van der Waals surface area contributed by atoms with E-state index in [1.54, 1.807) is 11.0 Å². The van der Waals surface area contributed by atoms with Crippen molar-refractivity contribution >= 4 is 23.4 Å². The number of carbonyl (C=O) groups excluding carboxylic acids is 2. The van der Waals surface area contributed by atoms with Crippen LogP contribution in [0.3, 0.4) is 0 Å². The Kier molecular flexibility index (Phi) is 7.79. The van der Waals surface area contributed by atoms with Crippen LogP contribution in [0.2, 0.25) is 5.02 Å². The molecule has 0 radical (unpaired) electrons. The zero-order valence-corrected chi connectivity index (χ0v) is 20.8. The van der Waals surface area contributed by atoms with Gasteiger partial charge in [0.25, 0.3) is 5.91 Å². The largest absolute Gasteiger partial charge is 0.490 e. The molecule has 2 aliphatic rings. The highest BCUT2D eigenvalue weighted by Crippen LogP contribution is 2.28. The van der Waals surface area contributed by atoms with E-state index in [9.17, 15) is 9.59 Å². The van der Waals surface area contributed by atoms with Crippen molar-refractivity contribution in [1.29, 1.82) is 0 Å². The van der Waals surface area contributed by atoms with Crippen LogP contribution in [0, 0.1) is 13.8 Å². The number of benzene rings is 2. The van der Waals surface area contributed by atoms with Gasteiger partial charge in [0, 0.05) is 30.2 Å². The molecular weight excluding hydrogens is 452 g/mol. The molecule has 0 unspecified atom stereocenters. The predicted octanol–water partition coefficient (Wildman–Crippen LogP) is 4.65. The first-order valence-electron chi connectivity index (χ1n) is 12.0. The average molecular weight is 485 g/mol. The number of ether oxygens (including phenoxy) is 2. The Labute approximate surface area is 206 Å². The number of aryl methyl sites for hydroxylation is 2. The van der Waals surface area contributed by atoms with Crippen LogP contribution in [0.15, 0.2) is 42.5 Å². The topological polar surface area (TPSA) is 59.1 Å². The normalized spacial score (nSPS) is 20.8. The van der Waals surface area contributed by atoms with Crippen molar-refractivity contribution in [2.45, 2.75) is 45.1 Å². The summed E-state index contributed by atoms with van der Waals surface area (Å²) >= 11 is 6.16. The van der Waals surface area contributed by atoms with E-state index in [4.69, 9.17) is 21.1 Å². The number of halogens is 1. The fourth-order valence-corrected chi connectivity index (χ4v) is 4.79. The van der Waals surface area contributed by atoms with Gasteiger partial charge in [0.2, 0.25) is 5.91 Å². The number of hydrogen-bond donors (Lipinski definition) is 0. The van der Waals surface area contributed by atoms with E-state index < -0.39 is 5.60 Å². The molecule has 34 heavy (non-hydrogen) atoms. The summed E-state index contributed by atoms with van der Waals surface area (Å²) in [7, 11) is 0. The van der Waals surface area contributed by atoms with E-state index in [-0.39, 0.29) is 24.8 Å². The molecule has 4 rings (SSSR count). The van der Waals surface area contributed by atoms with Gasteiger partial charge < -0.3 is 19.3 Å². The lowest BCUT2D eigenvalue weighted by Gasteiger charge is -2.43. The molecule has 2 heterocycles. The van der Waals surface area contributed by atoms with Crippen LogP contribution in [0.4, 0.5) is 0 Å². The number of morpholine rings is 1. The average Bonchev–Trinajstić information content (AvgIpc) is 2.85. The molecule has 0 aromatic heterocycles. The first-order valence-corrected chi connectivity index (χ1v) is 12.4. The highest BCUT2D eigenvalue weighted by Gasteiger charge is 2.42. The van der Waals surface area contributed by atoms with Gasteiger partial charge >= 0.3 is 0 Å². The second kappa shape index (κ2) is 10.8. The van der Waals surface area contributed by atoms with E-state index in [1.165, 1.54) is 0 Å². The molecule has 2 aliphatic heterocycles. The van der Waals surface area contributed by atoms with Gasteiger partial charge in [-0.15, -0.1) is 0 Å². The van der Waals surface area contributed by atoms with Gasteiger partial charge in [0.05, 0.1) is 19.6 Å². The van der Waals surface area contributed by atoms with Crippen molar-refractivity contribution in [3.8, 4) is 5.75 Å². The summed E-state index contributed by atoms with van der Waals surface area (Å²) in [5.74, 6) is 0.669. The van der Waals surface area contributed by atoms with Crippen LogP contribution in [-0.2, 0) is 9.53 Å². The zero-order valence-electron chi connectivity index (χ0n) is 20.0. The highest BCUT2D eigenvalue weighted by molar-refractivity contribution is 6.31. The maximum atomic E-state index is 13.3. The molecule has 0 N–H and O–H groups in total. The minimum absolute atomic E-state index is 0.0517. The molecule has 2 aromatic rings.